The van der Waals surface area contributed by atoms with Crippen LogP contribution in [-0.4, -0.2) is 7.11 Å². The molecule has 2 aliphatic rings. The van der Waals surface area contributed by atoms with Gasteiger partial charge in [-0.05, 0) is 74.8 Å². The van der Waals surface area contributed by atoms with Crippen LogP contribution in [0.1, 0.15) is 47.2 Å². The van der Waals surface area contributed by atoms with Crippen molar-refractivity contribution in [1.29, 1.82) is 5.26 Å². The van der Waals surface area contributed by atoms with Gasteiger partial charge in [0, 0.05) is 27.5 Å². The molecule has 206 valence electrons. The zero-order chi connectivity index (χ0) is 29.3. The van der Waals surface area contributed by atoms with Crippen LogP contribution in [0.25, 0.3) is 38.7 Å². The molecule has 1 aliphatic heterocycles. The molecule has 0 saturated heterocycles. The van der Waals surface area contributed by atoms with E-state index in [1.807, 2.05) is 18.2 Å². The minimum Gasteiger partial charge on any atom is -0.497 e. The van der Waals surface area contributed by atoms with E-state index in [0.717, 1.165) is 39.0 Å². The fraction of sp³-hybridized carbons (Fsp3) is 0.125. The third kappa shape index (κ3) is 3.53. The maximum absolute atomic E-state index is 9.70. The number of nitriles is 1. The average Bonchev–Trinajstić information content (AvgIpc) is 3.30. The quantitative estimate of drug-likeness (QED) is 0.218. The summed E-state index contributed by atoms with van der Waals surface area (Å²) in [4.78, 5) is 0. The van der Waals surface area contributed by atoms with Crippen LogP contribution in [0, 0.1) is 11.3 Å². The molecule has 3 nitrogen and oxygen atoms in total. The lowest BCUT2D eigenvalue weighted by molar-refractivity contribution is 0.163. The van der Waals surface area contributed by atoms with Gasteiger partial charge >= 0.3 is 0 Å². The Balaban J connectivity index is 1.43. The van der Waals surface area contributed by atoms with Crippen LogP contribution < -0.4 is 9.47 Å². The van der Waals surface area contributed by atoms with Crippen LogP contribution in [0.3, 0.4) is 0 Å². The van der Waals surface area contributed by atoms with E-state index >= 15 is 0 Å². The molecular weight excluding hydrogens is 526 g/mol. The summed E-state index contributed by atoms with van der Waals surface area (Å²) in [6.45, 7) is 4.52. The molecule has 1 aliphatic carbocycles. The number of benzene rings is 6. The Labute approximate surface area is 251 Å². The summed E-state index contributed by atoms with van der Waals surface area (Å²) in [5.41, 5.74) is 7.52. The highest BCUT2D eigenvalue weighted by molar-refractivity contribution is 6.08. The van der Waals surface area contributed by atoms with Crippen LogP contribution >= 0.6 is 0 Å². The van der Waals surface area contributed by atoms with Gasteiger partial charge in [-0.25, -0.2) is 0 Å². The first-order valence-corrected chi connectivity index (χ1v) is 14.6. The molecule has 0 amide bonds. The van der Waals surface area contributed by atoms with E-state index < -0.39 is 5.60 Å². The zero-order valence-electron chi connectivity index (χ0n) is 24.3. The van der Waals surface area contributed by atoms with Crippen molar-refractivity contribution >= 4 is 27.6 Å². The van der Waals surface area contributed by atoms with Gasteiger partial charge in [-0.2, -0.15) is 5.26 Å². The number of hydrogen-bond donors (Lipinski definition) is 0. The fourth-order valence-corrected chi connectivity index (χ4v) is 7.24. The van der Waals surface area contributed by atoms with Crippen molar-refractivity contribution in [3.8, 4) is 28.7 Å². The average molecular weight is 556 g/mol. The summed E-state index contributed by atoms with van der Waals surface area (Å²) in [6, 6.07) is 40.2. The first-order chi connectivity index (χ1) is 20.9. The summed E-state index contributed by atoms with van der Waals surface area (Å²) in [5, 5.41) is 14.3. The highest BCUT2D eigenvalue weighted by atomic mass is 16.5. The normalized spacial score (nSPS) is 17.5. The zero-order valence-corrected chi connectivity index (χ0v) is 24.3. The molecule has 0 N–H and O–H groups in total. The van der Waals surface area contributed by atoms with Crippen LogP contribution in [0.15, 0.2) is 115 Å². The van der Waals surface area contributed by atoms with Gasteiger partial charge in [-0.1, -0.05) is 98.8 Å². The largest absolute Gasteiger partial charge is 0.497 e. The topological polar surface area (TPSA) is 42.2 Å². The minimum absolute atomic E-state index is 0.317. The van der Waals surface area contributed by atoms with Crippen molar-refractivity contribution in [2.45, 2.75) is 24.9 Å². The Morgan fingerprint density at radius 1 is 0.744 bits per heavy atom. The third-order valence-corrected chi connectivity index (χ3v) is 9.37. The SMILES string of the molecule is COc1ccc(C2(c3ccc4ccccc4c3)C=Cc3c4c(c5ccccc5c3O2)-c2ccc(C#N)cc2C4(C)C)cc1. The third-order valence-electron chi connectivity index (χ3n) is 9.37. The second-order valence-electron chi connectivity index (χ2n) is 12.0. The predicted molar refractivity (Wildman–Crippen MR) is 174 cm³/mol. The van der Waals surface area contributed by atoms with Gasteiger partial charge in [0.1, 0.15) is 11.5 Å². The number of fused-ring (bicyclic) bond motifs is 9. The second-order valence-corrected chi connectivity index (χ2v) is 12.0. The molecule has 1 atom stereocenters. The van der Waals surface area contributed by atoms with Crippen molar-refractivity contribution in [3.05, 3.63) is 149 Å². The lowest BCUT2D eigenvalue weighted by Gasteiger charge is -2.38. The molecular formula is C40H29NO2. The molecule has 0 saturated carbocycles. The molecule has 0 bridgehead atoms. The van der Waals surface area contributed by atoms with E-state index in [1.165, 1.54) is 33.0 Å². The summed E-state index contributed by atoms with van der Waals surface area (Å²) < 4.78 is 12.9. The molecule has 0 fully saturated rings. The fourth-order valence-electron chi connectivity index (χ4n) is 7.24. The van der Waals surface area contributed by atoms with Crippen molar-refractivity contribution in [1.82, 2.24) is 0 Å². The maximum atomic E-state index is 9.70. The number of hydrogen-bond acceptors (Lipinski definition) is 3. The molecule has 0 spiro atoms. The van der Waals surface area contributed by atoms with E-state index in [-0.39, 0.29) is 5.41 Å². The monoisotopic (exact) mass is 555 g/mol. The first-order valence-electron chi connectivity index (χ1n) is 14.6. The highest BCUT2D eigenvalue weighted by Crippen LogP contribution is 2.58. The van der Waals surface area contributed by atoms with Crippen molar-refractivity contribution in [3.63, 3.8) is 0 Å². The van der Waals surface area contributed by atoms with Gasteiger partial charge in [0.05, 0.1) is 18.7 Å². The van der Waals surface area contributed by atoms with Gasteiger partial charge in [-0.3, -0.25) is 0 Å². The lowest BCUT2D eigenvalue weighted by atomic mass is 9.76. The minimum atomic E-state index is -0.857. The van der Waals surface area contributed by atoms with E-state index in [0.29, 0.717) is 5.56 Å². The van der Waals surface area contributed by atoms with Crippen molar-refractivity contribution in [2.24, 2.45) is 0 Å². The van der Waals surface area contributed by atoms with E-state index in [1.54, 1.807) is 7.11 Å². The van der Waals surface area contributed by atoms with Crippen molar-refractivity contribution in [2.75, 3.05) is 7.11 Å². The molecule has 1 unspecified atom stereocenters. The molecule has 6 aromatic carbocycles. The number of rotatable bonds is 3. The van der Waals surface area contributed by atoms with Gasteiger partial charge in [-0.15, -0.1) is 0 Å². The molecule has 3 heteroatoms. The summed E-state index contributed by atoms with van der Waals surface area (Å²) in [7, 11) is 1.69. The van der Waals surface area contributed by atoms with Crippen molar-refractivity contribution < 1.29 is 9.47 Å². The molecule has 0 radical (unpaired) electrons. The molecule has 0 aromatic heterocycles. The Kier molecular flexibility index (Phi) is 5.36. The Morgan fingerprint density at radius 2 is 1.47 bits per heavy atom. The maximum Gasteiger partial charge on any atom is 0.178 e. The van der Waals surface area contributed by atoms with Crippen LogP contribution in [0.2, 0.25) is 0 Å². The van der Waals surface area contributed by atoms with Gasteiger partial charge < -0.3 is 9.47 Å². The van der Waals surface area contributed by atoms with E-state index in [4.69, 9.17) is 9.47 Å². The summed E-state index contributed by atoms with van der Waals surface area (Å²) >= 11 is 0. The Bertz CT molecular complexity index is 2180. The lowest BCUT2D eigenvalue weighted by Crippen LogP contribution is -2.35. The molecule has 1 heterocycles. The standard InChI is InChI=1S/C40H29NO2/c1-39(2)35-22-25(24-41)12-19-33(35)36-31-10-6-7-11-32(31)38-34(37(36)39)20-21-40(43-38,28-15-17-30(42-3)18-16-28)29-14-13-26-8-4-5-9-27(26)23-29/h4-23H,1-3H3. The second kappa shape index (κ2) is 9.08. The predicted octanol–water partition coefficient (Wildman–Crippen LogP) is 9.53. The molecule has 6 aromatic rings. The van der Waals surface area contributed by atoms with Crippen LogP contribution in [-0.2, 0) is 11.0 Å². The number of methoxy groups -OCH3 is 1. The summed E-state index contributed by atoms with van der Waals surface area (Å²) in [6.07, 6.45) is 4.48. The number of ether oxygens (including phenoxy) is 2. The van der Waals surface area contributed by atoms with Crippen LogP contribution in [0.4, 0.5) is 0 Å². The molecule has 8 rings (SSSR count). The Morgan fingerprint density at radius 3 is 2.23 bits per heavy atom. The Hall–Kier alpha value is -5.33. The van der Waals surface area contributed by atoms with E-state index in [9.17, 15) is 5.26 Å². The van der Waals surface area contributed by atoms with Gasteiger partial charge in [0.25, 0.3) is 0 Å². The van der Waals surface area contributed by atoms with Gasteiger partial charge in [0.15, 0.2) is 5.60 Å². The first kappa shape index (κ1) is 25.4. The highest BCUT2D eigenvalue weighted by Gasteiger charge is 2.44. The number of nitrogens with zero attached hydrogens (tertiary/aromatic N) is 1. The smallest absolute Gasteiger partial charge is 0.178 e. The van der Waals surface area contributed by atoms with E-state index in [2.05, 4.69) is 123 Å². The van der Waals surface area contributed by atoms with Gasteiger partial charge in [0.2, 0.25) is 0 Å². The van der Waals surface area contributed by atoms with Crippen LogP contribution in [0.5, 0.6) is 11.5 Å². The summed E-state index contributed by atoms with van der Waals surface area (Å²) in [5.74, 6) is 1.68. The molecule has 43 heavy (non-hydrogen) atoms.